The second kappa shape index (κ2) is 7.83. The van der Waals surface area contributed by atoms with Gasteiger partial charge in [-0.25, -0.2) is 8.42 Å². The number of carbonyl (C=O) groups excluding carboxylic acids is 2. The van der Waals surface area contributed by atoms with Crippen molar-refractivity contribution >= 4 is 27.5 Å². The molecule has 1 N–H and O–H groups in total. The third kappa shape index (κ3) is 4.07. The zero-order valence-electron chi connectivity index (χ0n) is 16.0. The van der Waals surface area contributed by atoms with Crippen molar-refractivity contribution in [3.8, 4) is 0 Å². The quantitative estimate of drug-likeness (QED) is 0.814. The minimum Gasteiger partial charge on any atom is -0.339 e. The Bertz CT molecular complexity index is 858. The molecule has 2 amide bonds. The third-order valence-corrected chi connectivity index (χ3v) is 7.72. The normalized spacial score (nSPS) is 24.2. The SMILES string of the molecule is O=C(Nc1cccc(S(=O)(=O)N2CCCCCC2)c1)C1CC(=O)N(C2CC2)C1. The van der Waals surface area contributed by atoms with E-state index in [9.17, 15) is 18.0 Å². The molecule has 4 rings (SSSR count). The average Bonchev–Trinajstić information content (AvgIpc) is 3.48. The fourth-order valence-electron chi connectivity index (χ4n) is 4.06. The van der Waals surface area contributed by atoms with E-state index in [0.717, 1.165) is 38.5 Å². The van der Waals surface area contributed by atoms with E-state index < -0.39 is 10.0 Å². The molecule has 28 heavy (non-hydrogen) atoms. The van der Waals surface area contributed by atoms with Crippen LogP contribution in [0.15, 0.2) is 29.2 Å². The highest BCUT2D eigenvalue weighted by Crippen LogP contribution is 2.33. The average molecular weight is 406 g/mol. The van der Waals surface area contributed by atoms with Crippen LogP contribution >= 0.6 is 0 Å². The highest BCUT2D eigenvalue weighted by atomic mass is 32.2. The molecule has 2 saturated heterocycles. The van der Waals surface area contributed by atoms with Crippen molar-refractivity contribution < 1.29 is 18.0 Å². The first-order valence-corrected chi connectivity index (χ1v) is 11.6. The number of hydrogen-bond donors (Lipinski definition) is 1. The number of rotatable bonds is 5. The minimum atomic E-state index is -3.56. The van der Waals surface area contributed by atoms with Gasteiger partial charge in [-0.05, 0) is 43.9 Å². The Kier molecular flexibility index (Phi) is 5.42. The van der Waals surface area contributed by atoms with E-state index in [1.807, 2.05) is 4.90 Å². The van der Waals surface area contributed by atoms with E-state index in [-0.39, 0.29) is 29.0 Å². The van der Waals surface area contributed by atoms with Crippen LogP contribution in [0.3, 0.4) is 0 Å². The number of hydrogen-bond acceptors (Lipinski definition) is 4. The number of nitrogens with one attached hydrogen (secondary N) is 1. The van der Waals surface area contributed by atoms with Gasteiger partial charge in [0.15, 0.2) is 0 Å². The topological polar surface area (TPSA) is 86.8 Å². The predicted molar refractivity (Wildman–Crippen MR) is 105 cm³/mol. The Morgan fingerprint density at radius 2 is 1.79 bits per heavy atom. The van der Waals surface area contributed by atoms with E-state index in [0.29, 0.717) is 31.4 Å². The van der Waals surface area contributed by atoms with Crippen LogP contribution in [0.1, 0.15) is 44.9 Å². The standard InChI is InChI=1S/C20H27N3O4S/c24-19-12-15(14-23(19)17-8-9-17)20(25)21-16-6-5-7-18(13-16)28(26,27)22-10-3-1-2-4-11-22/h5-7,13,15,17H,1-4,8-12,14H2,(H,21,25). The molecule has 7 nitrogen and oxygen atoms in total. The van der Waals surface area contributed by atoms with E-state index >= 15 is 0 Å². The number of nitrogens with zero attached hydrogens (tertiary/aromatic N) is 2. The molecule has 1 unspecified atom stereocenters. The van der Waals surface area contributed by atoms with Crippen LogP contribution < -0.4 is 5.32 Å². The second-order valence-electron chi connectivity index (χ2n) is 8.01. The molecular weight excluding hydrogens is 378 g/mol. The first-order chi connectivity index (χ1) is 13.4. The molecule has 1 aromatic carbocycles. The van der Waals surface area contributed by atoms with Crippen LogP contribution in [-0.2, 0) is 19.6 Å². The summed E-state index contributed by atoms with van der Waals surface area (Å²) in [6.07, 6.45) is 6.15. The largest absolute Gasteiger partial charge is 0.339 e. The fourth-order valence-corrected chi connectivity index (χ4v) is 5.62. The van der Waals surface area contributed by atoms with Crippen LogP contribution in [0.25, 0.3) is 0 Å². The van der Waals surface area contributed by atoms with E-state index in [1.54, 1.807) is 22.5 Å². The summed E-state index contributed by atoms with van der Waals surface area (Å²) in [5.74, 6) is -0.556. The summed E-state index contributed by atoms with van der Waals surface area (Å²) in [5.41, 5.74) is 0.457. The van der Waals surface area contributed by atoms with Gasteiger partial charge in [-0.1, -0.05) is 18.9 Å². The number of anilines is 1. The van der Waals surface area contributed by atoms with E-state index in [4.69, 9.17) is 0 Å². The summed E-state index contributed by atoms with van der Waals surface area (Å²) in [6, 6.07) is 6.75. The molecule has 1 atom stereocenters. The van der Waals surface area contributed by atoms with Crippen molar-refractivity contribution in [2.24, 2.45) is 5.92 Å². The number of sulfonamides is 1. The summed E-state index contributed by atoms with van der Waals surface area (Å²) in [5, 5.41) is 2.81. The maximum atomic E-state index is 13.0. The van der Waals surface area contributed by atoms with Crippen molar-refractivity contribution in [3.63, 3.8) is 0 Å². The summed E-state index contributed by atoms with van der Waals surface area (Å²) in [7, 11) is -3.56. The number of amides is 2. The van der Waals surface area contributed by atoms with Gasteiger partial charge >= 0.3 is 0 Å². The molecule has 3 fully saturated rings. The molecule has 3 aliphatic rings. The van der Waals surface area contributed by atoms with Crippen LogP contribution in [0.2, 0.25) is 0 Å². The van der Waals surface area contributed by atoms with Crippen LogP contribution in [0.4, 0.5) is 5.69 Å². The van der Waals surface area contributed by atoms with Crippen molar-refractivity contribution in [1.82, 2.24) is 9.21 Å². The van der Waals surface area contributed by atoms with Crippen LogP contribution in [-0.4, -0.2) is 55.1 Å². The van der Waals surface area contributed by atoms with Gasteiger partial charge in [0.25, 0.3) is 0 Å². The van der Waals surface area contributed by atoms with Crippen LogP contribution in [0, 0.1) is 5.92 Å². The smallest absolute Gasteiger partial charge is 0.243 e. The molecule has 2 heterocycles. The lowest BCUT2D eigenvalue weighted by Gasteiger charge is -2.20. The van der Waals surface area contributed by atoms with Gasteiger partial charge in [-0.3, -0.25) is 9.59 Å². The lowest BCUT2D eigenvalue weighted by molar-refractivity contribution is -0.128. The number of likely N-dealkylation sites (tertiary alicyclic amines) is 1. The van der Waals surface area contributed by atoms with Gasteiger partial charge in [-0.15, -0.1) is 0 Å². The molecule has 0 radical (unpaired) electrons. The summed E-state index contributed by atoms with van der Waals surface area (Å²) in [6.45, 7) is 1.54. The Hall–Kier alpha value is -1.93. The summed E-state index contributed by atoms with van der Waals surface area (Å²) >= 11 is 0. The summed E-state index contributed by atoms with van der Waals surface area (Å²) < 4.78 is 27.5. The molecule has 1 saturated carbocycles. The third-order valence-electron chi connectivity index (χ3n) is 5.82. The second-order valence-corrected chi connectivity index (χ2v) is 9.95. The Morgan fingerprint density at radius 1 is 1.07 bits per heavy atom. The highest BCUT2D eigenvalue weighted by molar-refractivity contribution is 7.89. The zero-order chi connectivity index (χ0) is 19.7. The summed E-state index contributed by atoms with van der Waals surface area (Å²) in [4.78, 5) is 26.7. The lowest BCUT2D eigenvalue weighted by atomic mass is 10.1. The van der Waals surface area contributed by atoms with E-state index in [1.165, 1.54) is 6.07 Å². The van der Waals surface area contributed by atoms with Crippen molar-refractivity contribution in [2.75, 3.05) is 25.0 Å². The molecule has 2 aliphatic heterocycles. The molecule has 1 aliphatic carbocycles. The van der Waals surface area contributed by atoms with Gasteiger partial charge in [0.2, 0.25) is 21.8 Å². The van der Waals surface area contributed by atoms with E-state index in [2.05, 4.69) is 5.32 Å². The first-order valence-electron chi connectivity index (χ1n) is 10.2. The number of carbonyl (C=O) groups is 2. The zero-order valence-corrected chi connectivity index (χ0v) is 16.8. The molecule has 0 bridgehead atoms. The van der Waals surface area contributed by atoms with Gasteiger partial charge < -0.3 is 10.2 Å². The lowest BCUT2D eigenvalue weighted by Crippen LogP contribution is -2.32. The molecule has 152 valence electrons. The predicted octanol–water partition coefficient (Wildman–Crippen LogP) is 2.20. The molecule has 1 aromatic rings. The minimum absolute atomic E-state index is 0.0418. The molecule has 0 aromatic heterocycles. The van der Waals surface area contributed by atoms with Gasteiger partial charge in [0.1, 0.15) is 0 Å². The van der Waals surface area contributed by atoms with Crippen molar-refractivity contribution in [2.45, 2.75) is 55.9 Å². The number of benzene rings is 1. The Balaban J connectivity index is 1.45. The molecular formula is C20H27N3O4S. The van der Waals surface area contributed by atoms with Gasteiger partial charge in [0, 0.05) is 37.8 Å². The van der Waals surface area contributed by atoms with Gasteiger partial charge in [-0.2, -0.15) is 4.31 Å². The fraction of sp³-hybridized carbons (Fsp3) is 0.600. The van der Waals surface area contributed by atoms with Crippen LogP contribution in [0.5, 0.6) is 0 Å². The Labute approximate surface area is 166 Å². The Morgan fingerprint density at radius 3 is 2.46 bits per heavy atom. The monoisotopic (exact) mass is 405 g/mol. The maximum absolute atomic E-state index is 13.0. The molecule has 0 spiro atoms. The van der Waals surface area contributed by atoms with Crippen molar-refractivity contribution in [3.05, 3.63) is 24.3 Å². The molecule has 8 heteroatoms. The highest BCUT2D eigenvalue weighted by Gasteiger charge is 2.41. The van der Waals surface area contributed by atoms with Crippen molar-refractivity contribution in [1.29, 1.82) is 0 Å². The first kappa shape index (κ1) is 19.4. The maximum Gasteiger partial charge on any atom is 0.243 e. The van der Waals surface area contributed by atoms with Gasteiger partial charge in [0.05, 0.1) is 10.8 Å².